The molecule has 0 fully saturated rings. The zero-order valence-electron chi connectivity index (χ0n) is 8.35. The first-order valence-corrected chi connectivity index (χ1v) is 4.85. The van der Waals surface area contributed by atoms with Gasteiger partial charge in [-0.3, -0.25) is 0 Å². The second-order valence-corrected chi connectivity index (χ2v) is 3.45. The standard InChI is InChI=1S/C12H15NO/c1-10(9-13)12(7-8-14)11-5-3-2-4-6-11/h2-6,10,12,14H,7-8H2,1H3/t10-,12-/m1/s1. The van der Waals surface area contributed by atoms with Crippen LogP contribution in [0.2, 0.25) is 0 Å². The summed E-state index contributed by atoms with van der Waals surface area (Å²) in [5.41, 5.74) is 1.13. The highest BCUT2D eigenvalue weighted by Gasteiger charge is 2.17. The molecule has 0 radical (unpaired) electrons. The minimum absolute atomic E-state index is 0.0513. The third-order valence-corrected chi connectivity index (χ3v) is 2.48. The summed E-state index contributed by atoms with van der Waals surface area (Å²) in [6.45, 7) is 2.03. The fraction of sp³-hybridized carbons (Fsp3) is 0.417. The molecular weight excluding hydrogens is 174 g/mol. The molecule has 74 valence electrons. The summed E-state index contributed by atoms with van der Waals surface area (Å²) < 4.78 is 0. The van der Waals surface area contributed by atoms with E-state index < -0.39 is 0 Å². The van der Waals surface area contributed by atoms with Crippen LogP contribution < -0.4 is 0 Å². The molecule has 1 rings (SSSR count). The zero-order chi connectivity index (χ0) is 10.4. The van der Waals surface area contributed by atoms with Gasteiger partial charge in [0, 0.05) is 12.5 Å². The molecule has 0 saturated heterocycles. The molecule has 0 unspecified atom stereocenters. The van der Waals surface area contributed by atoms with Crippen molar-refractivity contribution in [1.82, 2.24) is 0 Å². The van der Waals surface area contributed by atoms with Gasteiger partial charge in [0.2, 0.25) is 0 Å². The Morgan fingerprint density at radius 3 is 2.50 bits per heavy atom. The monoisotopic (exact) mass is 189 g/mol. The highest BCUT2D eigenvalue weighted by atomic mass is 16.3. The SMILES string of the molecule is C[C@H](C#N)[C@@H](CCO)c1ccccc1. The largest absolute Gasteiger partial charge is 0.396 e. The van der Waals surface area contributed by atoms with Gasteiger partial charge < -0.3 is 5.11 Å². The lowest BCUT2D eigenvalue weighted by atomic mass is 9.86. The predicted octanol–water partition coefficient (Wildman–Crippen LogP) is 2.31. The maximum atomic E-state index is 8.93. The highest BCUT2D eigenvalue weighted by Crippen LogP contribution is 2.26. The van der Waals surface area contributed by atoms with Crippen LogP contribution in [0.1, 0.15) is 24.8 Å². The topological polar surface area (TPSA) is 44.0 Å². The van der Waals surface area contributed by atoms with E-state index in [2.05, 4.69) is 6.07 Å². The Morgan fingerprint density at radius 1 is 1.36 bits per heavy atom. The summed E-state index contributed by atoms with van der Waals surface area (Å²) in [5, 5.41) is 17.8. The molecule has 0 amide bonds. The minimum atomic E-state index is -0.0513. The van der Waals surface area contributed by atoms with Crippen molar-refractivity contribution in [2.45, 2.75) is 19.3 Å². The second-order valence-electron chi connectivity index (χ2n) is 3.45. The molecule has 2 nitrogen and oxygen atoms in total. The number of nitrogens with zero attached hydrogens (tertiary/aromatic N) is 1. The van der Waals surface area contributed by atoms with Crippen LogP contribution in [0.4, 0.5) is 0 Å². The van der Waals surface area contributed by atoms with Crippen molar-refractivity contribution in [1.29, 1.82) is 5.26 Å². The minimum Gasteiger partial charge on any atom is -0.396 e. The number of rotatable bonds is 4. The third kappa shape index (κ3) is 2.58. The summed E-state index contributed by atoms with van der Waals surface area (Å²) in [6, 6.07) is 12.1. The van der Waals surface area contributed by atoms with E-state index in [0.29, 0.717) is 6.42 Å². The van der Waals surface area contributed by atoms with Gasteiger partial charge in [0.15, 0.2) is 0 Å². The smallest absolute Gasteiger partial charge is 0.0659 e. The lowest BCUT2D eigenvalue weighted by Crippen LogP contribution is -2.09. The number of benzene rings is 1. The molecule has 2 heteroatoms. The molecule has 0 aliphatic rings. The van der Waals surface area contributed by atoms with Gasteiger partial charge in [0.1, 0.15) is 0 Å². The normalized spacial score (nSPS) is 14.4. The molecule has 1 N–H and O–H groups in total. The Morgan fingerprint density at radius 2 is 2.00 bits per heavy atom. The van der Waals surface area contributed by atoms with E-state index in [9.17, 15) is 0 Å². The highest BCUT2D eigenvalue weighted by molar-refractivity contribution is 5.21. The summed E-state index contributed by atoms with van der Waals surface area (Å²) in [4.78, 5) is 0. The van der Waals surface area contributed by atoms with Crippen molar-refractivity contribution in [2.24, 2.45) is 5.92 Å². The van der Waals surface area contributed by atoms with Gasteiger partial charge >= 0.3 is 0 Å². The van der Waals surface area contributed by atoms with Gasteiger partial charge in [-0.25, -0.2) is 0 Å². The van der Waals surface area contributed by atoms with Gasteiger partial charge in [-0.15, -0.1) is 0 Å². The quantitative estimate of drug-likeness (QED) is 0.789. The first-order chi connectivity index (χ1) is 6.79. The van der Waals surface area contributed by atoms with Gasteiger partial charge in [-0.1, -0.05) is 30.3 Å². The molecular formula is C12H15NO. The van der Waals surface area contributed by atoms with Gasteiger partial charge in [0.05, 0.1) is 12.0 Å². The molecule has 0 saturated carbocycles. The van der Waals surface area contributed by atoms with E-state index in [1.807, 2.05) is 37.3 Å². The summed E-state index contributed by atoms with van der Waals surface area (Å²) in [6.07, 6.45) is 0.652. The maximum absolute atomic E-state index is 8.93. The van der Waals surface area contributed by atoms with Gasteiger partial charge in [-0.05, 0) is 18.9 Å². The number of aliphatic hydroxyl groups is 1. The third-order valence-electron chi connectivity index (χ3n) is 2.48. The molecule has 0 bridgehead atoms. The average Bonchev–Trinajstić information content (AvgIpc) is 2.26. The zero-order valence-corrected chi connectivity index (χ0v) is 8.35. The molecule has 0 aliphatic carbocycles. The Labute approximate surface area is 84.8 Å². The first-order valence-electron chi connectivity index (χ1n) is 4.85. The van der Waals surface area contributed by atoms with Crippen LogP contribution in [0.15, 0.2) is 30.3 Å². The van der Waals surface area contributed by atoms with Crippen molar-refractivity contribution in [2.75, 3.05) is 6.61 Å². The summed E-state index contributed by atoms with van der Waals surface area (Å²) in [7, 11) is 0. The summed E-state index contributed by atoms with van der Waals surface area (Å²) in [5.74, 6) is 0.0933. The summed E-state index contributed by atoms with van der Waals surface area (Å²) >= 11 is 0. The Hall–Kier alpha value is -1.33. The van der Waals surface area contributed by atoms with E-state index in [-0.39, 0.29) is 18.4 Å². The molecule has 1 aromatic rings. The number of nitriles is 1. The molecule has 0 aliphatic heterocycles. The van der Waals surface area contributed by atoms with Crippen molar-refractivity contribution < 1.29 is 5.11 Å². The fourth-order valence-electron chi connectivity index (χ4n) is 1.63. The van der Waals surface area contributed by atoms with Crippen LogP contribution in [0.3, 0.4) is 0 Å². The number of hydrogen-bond acceptors (Lipinski definition) is 2. The average molecular weight is 189 g/mol. The van der Waals surface area contributed by atoms with E-state index in [0.717, 1.165) is 5.56 Å². The van der Waals surface area contributed by atoms with Crippen LogP contribution in [0.5, 0.6) is 0 Å². The van der Waals surface area contributed by atoms with Crippen LogP contribution >= 0.6 is 0 Å². The molecule has 2 atom stereocenters. The van der Waals surface area contributed by atoms with Crippen molar-refractivity contribution in [3.05, 3.63) is 35.9 Å². The van der Waals surface area contributed by atoms with Crippen molar-refractivity contribution in [3.8, 4) is 6.07 Å². The number of hydrogen-bond donors (Lipinski definition) is 1. The van der Waals surface area contributed by atoms with Crippen LogP contribution in [0, 0.1) is 17.2 Å². The van der Waals surface area contributed by atoms with E-state index in [1.54, 1.807) is 0 Å². The molecule has 0 aromatic heterocycles. The fourth-order valence-corrected chi connectivity index (χ4v) is 1.63. The molecule has 0 heterocycles. The first kappa shape index (κ1) is 10.7. The van der Waals surface area contributed by atoms with Crippen molar-refractivity contribution in [3.63, 3.8) is 0 Å². The van der Waals surface area contributed by atoms with Gasteiger partial charge in [0.25, 0.3) is 0 Å². The maximum Gasteiger partial charge on any atom is 0.0659 e. The van der Waals surface area contributed by atoms with E-state index >= 15 is 0 Å². The second kappa shape index (κ2) is 5.41. The molecule has 0 spiro atoms. The van der Waals surface area contributed by atoms with Crippen LogP contribution in [-0.2, 0) is 0 Å². The predicted molar refractivity (Wildman–Crippen MR) is 55.7 cm³/mol. The molecule has 1 aromatic carbocycles. The lowest BCUT2D eigenvalue weighted by molar-refractivity contribution is 0.266. The molecule has 14 heavy (non-hydrogen) atoms. The number of aliphatic hydroxyl groups excluding tert-OH is 1. The Balaban J connectivity index is 2.84. The van der Waals surface area contributed by atoms with Crippen LogP contribution in [-0.4, -0.2) is 11.7 Å². The van der Waals surface area contributed by atoms with Gasteiger partial charge in [-0.2, -0.15) is 5.26 Å². The Kier molecular flexibility index (Phi) is 4.15. The van der Waals surface area contributed by atoms with Crippen molar-refractivity contribution >= 4 is 0 Å². The van der Waals surface area contributed by atoms with Crippen LogP contribution in [0.25, 0.3) is 0 Å². The Bertz CT molecular complexity index is 302. The lowest BCUT2D eigenvalue weighted by Gasteiger charge is -2.18. The van der Waals surface area contributed by atoms with E-state index in [1.165, 1.54) is 0 Å². The van der Waals surface area contributed by atoms with E-state index in [4.69, 9.17) is 10.4 Å².